The summed E-state index contributed by atoms with van der Waals surface area (Å²) in [6, 6.07) is 1.17. The van der Waals surface area contributed by atoms with E-state index in [1.165, 1.54) is 6.07 Å². The van der Waals surface area contributed by atoms with Crippen molar-refractivity contribution in [3.63, 3.8) is 0 Å². The molecule has 94 valence electrons. The van der Waals surface area contributed by atoms with Crippen LogP contribution in [0, 0.1) is 5.92 Å². The van der Waals surface area contributed by atoms with Gasteiger partial charge in [0, 0.05) is 12.6 Å². The smallest absolute Gasteiger partial charge is 0.254 e. The Labute approximate surface area is 109 Å². The third kappa shape index (κ3) is 3.80. The average Bonchev–Trinajstić information content (AvgIpc) is 2.30. The Kier molecular flexibility index (Phi) is 5.11. The van der Waals surface area contributed by atoms with Crippen molar-refractivity contribution in [2.75, 3.05) is 6.61 Å². The number of hydrogen-bond donors (Lipinski definition) is 2. The summed E-state index contributed by atoms with van der Waals surface area (Å²) in [6.07, 6.45) is 0. The molecule has 0 aliphatic rings. The molecule has 0 aromatic carbocycles. The summed E-state index contributed by atoms with van der Waals surface area (Å²) in [5.41, 5.74) is 0.170. The maximum atomic E-state index is 11.8. The molecule has 0 aliphatic heterocycles. The summed E-state index contributed by atoms with van der Waals surface area (Å²) in [6.45, 7) is 3.61. The van der Waals surface area contributed by atoms with Crippen LogP contribution in [-0.4, -0.2) is 33.9 Å². The molecule has 7 heteroatoms. The van der Waals surface area contributed by atoms with Gasteiger partial charge < -0.3 is 10.4 Å². The lowest BCUT2D eigenvalue weighted by atomic mass is 10.0. The van der Waals surface area contributed by atoms with Gasteiger partial charge in [0.2, 0.25) is 0 Å². The largest absolute Gasteiger partial charge is 0.396 e. The van der Waals surface area contributed by atoms with Crippen LogP contribution in [0.3, 0.4) is 0 Å². The summed E-state index contributed by atoms with van der Waals surface area (Å²) < 4.78 is 0. The Hall–Kier alpha value is -0.910. The monoisotopic (exact) mass is 277 g/mol. The van der Waals surface area contributed by atoms with E-state index in [0.29, 0.717) is 0 Å². The number of aromatic nitrogens is 2. The number of rotatable bonds is 4. The van der Waals surface area contributed by atoms with E-state index in [2.05, 4.69) is 15.5 Å². The molecule has 1 heterocycles. The van der Waals surface area contributed by atoms with Gasteiger partial charge in [0.1, 0.15) is 0 Å². The minimum absolute atomic E-state index is 0.00393. The van der Waals surface area contributed by atoms with Crippen LogP contribution in [0.2, 0.25) is 10.3 Å². The molecule has 5 nitrogen and oxygen atoms in total. The second kappa shape index (κ2) is 6.14. The molecule has 1 amide bonds. The zero-order valence-electron chi connectivity index (χ0n) is 9.44. The SMILES string of the molecule is CC(CO)C(C)NC(=O)c1cc(Cl)nnc1Cl. The van der Waals surface area contributed by atoms with Gasteiger partial charge in [-0.15, -0.1) is 10.2 Å². The predicted molar refractivity (Wildman–Crippen MR) is 65.2 cm³/mol. The normalized spacial score (nSPS) is 14.2. The molecular weight excluding hydrogens is 265 g/mol. The lowest BCUT2D eigenvalue weighted by molar-refractivity contribution is 0.0916. The third-order valence-electron chi connectivity index (χ3n) is 2.46. The molecule has 0 spiro atoms. The molecule has 2 N–H and O–H groups in total. The van der Waals surface area contributed by atoms with Gasteiger partial charge in [-0.2, -0.15) is 0 Å². The summed E-state index contributed by atoms with van der Waals surface area (Å²) in [5, 5.41) is 18.8. The van der Waals surface area contributed by atoms with E-state index in [9.17, 15) is 4.79 Å². The fourth-order valence-corrected chi connectivity index (χ4v) is 1.42. The number of halogens is 2. The Morgan fingerprint density at radius 1 is 1.47 bits per heavy atom. The van der Waals surface area contributed by atoms with Crippen molar-refractivity contribution in [2.24, 2.45) is 5.92 Å². The molecule has 0 aliphatic carbocycles. The van der Waals surface area contributed by atoms with Crippen LogP contribution in [0.1, 0.15) is 24.2 Å². The first-order chi connectivity index (χ1) is 7.95. The van der Waals surface area contributed by atoms with Gasteiger partial charge in [0.05, 0.1) is 5.56 Å². The molecule has 0 saturated heterocycles. The molecule has 1 rings (SSSR count). The van der Waals surface area contributed by atoms with Gasteiger partial charge in [0.15, 0.2) is 10.3 Å². The Morgan fingerprint density at radius 3 is 2.71 bits per heavy atom. The fourth-order valence-electron chi connectivity index (χ4n) is 1.10. The van der Waals surface area contributed by atoms with Crippen molar-refractivity contribution in [1.82, 2.24) is 15.5 Å². The molecule has 1 aromatic heterocycles. The fraction of sp³-hybridized carbons (Fsp3) is 0.500. The van der Waals surface area contributed by atoms with Gasteiger partial charge >= 0.3 is 0 Å². The third-order valence-corrected chi connectivity index (χ3v) is 2.93. The molecule has 0 fully saturated rings. The van der Waals surface area contributed by atoms with Crippen LogP contribution in [0.25, 0.3) is 0 Å². The Morgan fingerprint density at radius 2 is 2.12 bits per heavy atom. The van der Waals surface area contributed by atoms with Crippen LogP contribution in [-0.2, 0) is 0 Å². The summed E-state index contributed by atoms with van der Waals surface area (Å²) in [4.78, 5) is 11.8. The van der Waals surface area contributed by atoms with Gasteiger partial charge in [-0.1, -0.05) is 30.1 Å². The van der Waals surface area contributed by atoms with E-state index < -0.39 is 0 Å². The lowest BCUT2D eigenvalue weighted by Crippen LogP contribution is -2.38. The number of carbonyl (C=O) groups is 1. The van der Waals surface area contributed by atoms with Crippen LogP contribution < -0.4 is 5.32 Å². The van der Waals surface area contributed by atoms with Crippen molar-refractivity contribution < 1.29 is 9.90 Å². The number of nitrogens with one attached hydrogen (secondary N) is 1. The van der Waals surface area contributed by atoms with Gasteiger partial charge in [-0.05, 0) is 18.9 Å². The van der Waals surface area contributed by atoms with Crippen molar-refractivity contribution in [1.29, 1.82) is 0 Å². The number of nitrogens with zero attached hydrogens (tertiary/aromatic N) is 2. The summed E-state index contributed by atoms with van der Waals surface area (Å²) >= 11 is 11.4. The van der Waals surface area contributed by atoms with E-state index in [4.69, 9.17) is 28.3 Å². The van der Waals surface area contributed by atoms with E-state index in [1.54, 1.807) is 6.92 Å². The lowest BCUT2D eigenvalue weighted by Gasteiger charge is -2.19. The summed E-state index contributed by atoms with van der Waals surface area (Å²) in [5.74, 6) is -0.442. The highest BCUT2D eigenvalue weighted by molar-refractivity contribution is 6.34. The maximum absolute atomic E-state index is 11.8. The van der Waals surface area contributed by atoms with Crippen LogP contribution in [0.4, 0.5) is 0 Å². The van der Waals surface area contributed by atoms with E-state index in [-0.39, 0.29) is 40.3 Å². The number of hydrogen-bond acceptors (Lipinski definition) is 4. The first kappa shape index (κ1) is 14.2. The quantitative estimate of drug-likeness (QED) is 0.875. The minimum atomic E-state index is -0.389. The van der Waals surface area contributed by atoms with Crippen molar-refractivity contribution in [2.45, 2.75) is 19.9 Å². The van der Waals surface area contributed by atoms with Crippen molar-refractivity contribution in [3.05, 3.63) is 21.9 Å². The van der Waals surface area contributed by atoms with Gasteiger partial charge in [0.25, 0.3) is 5.91 Å². The van der Waals surface area contributed by atoms with Crippen LogP contribution in [0.15, 0.2) is 6.07 Å². The second-order valence-corrected chi connectivity index (χ2v) is 4.54. The number of aliphatic hydroxyl groups is 1. The average molecular weight is 278 g/mol. The number of carbonyl (C=O) groups excluding carboxylic acids is 1. The summed E-state index contributed by atoms with van der Waals surface area (Å²) in [7, 11) is 0. The topological polar surface area (TPSA) is 75.1 Å². The molecule has 2 unspecified atom stereocenters. The highest BCUT2D eigenvalue weighted by Gasteiger charge is 2.18. The first-order valence-electron chi connectivity index (χ1n) is 5.06. The molecule has 0 bridgehead atoms. The first-order valence-corrected chi connectivity index (χ1v) is 5.81. The highest BCUT2D eigenvalue weighted by atomic mass is 35.5. The Balaban J connectivity index is 2.79. The van der Waals surface area contributed by atoms with E-state index >= 15 is 0 Å². The standard InChI is InChI=1S/C10H13Cl2N3O2/c1-5(4-16)6(2)13-10(17)7-3-8(11)14-15-9(7)12/h3,5-6,16H,4H2,1-2H3,(H,13,17). The highest BCUT2D eigenvalue weighted by Crippen LogP contribution is 2.15. The van der Waals surface area contributed by atoms with E-state index in [1.807, 2.05) is 6.92 Å². The van der Waals surface area contributed by atoms with Gasteiger partial charge in [-0.3, -0.25) is 4.79 Å². The maximum Gasteiger partial charge on any atom is 0.254 e. The van der Waals surface area contributed by atoms with E-state index in [0.717, 1.165) is 0 Å². The zero-order chi connectivity index (χ0) is 13.0. The minimum Gasteiger partial charge on any atom is -0.396 e. The number of amides is 1. The van der Waals surface area contributed by atoms with Crippen molar-refractivity contribution >= 4 is 29.1 Å². The molecule has 2 atom stereocenters. The molecule has 17 heavy (non-hydrogen) atoms. The van der Waals surface area contributed by atoms with Crippen molar-refractivity contribution in [3.8, 4) is 0 Å². The predicted octanol–water partition coefficient (Wildman–Crippen LogP) is 1.53. The van der Waals surface area contributed by atoms with Gasteiger partial charge in [-0.25, -0.2) is 0 Å². The second-order valence-electron chi connectivity index (χ2n) is 3.79. The molecule has 1 aromatic rings. The Bertz CT molecular complexity index is 415. The zero-order valence-corrected chi connectivity index (χ0v) is 11.0. The molecule has 0 saturated carbocycles. The van der Waals surface area contributed by atoms with Crippen LogP contribution in [0.5, 0.6) is 0 Å². The van der Waals surface area contributed by atoms with Crippen LogP contribution >= 0.6 is 23.2 Å². The molecule has 0 radical (unpaired) electrons. The number of aliphatic hydroxyl groups excluding tert-OH is 1. The molecular formula is C10H13Cl2N3O2.